The number of fused-ring (bicyclic) bond motifs is 8. The fourth-order valence-electron chi connectivity index (χ4n) is 9.96. The van der Waals surface area contributed by atoms with Crippen molar-refractivity contribution < 1.29 is 9.47 Å². The molecule has 3 nitrogen and oxygen atoms in total. The molecule has 1 heterocycles. The van der Waals surface area contributed by atoms with Gasteiger partial charge in [0.05, 0.1) is 12.2 Å². The molecule has 50 heavy (non-hydrogen) atoms. The van der Waals surface area contributed by atoms with Crippen molar-refractivity contribution >= 4 is 0 Å². The van der Waals surface area contributed by atoms with Gasteiger partial charge in [-0.05, 0) is 116 Å². The maximum absolute atomic E-state index is 7.15. The van der Waals surface area contributed by atoms with E-state index in [1.54, 1.807) is 0 Å². The number of nitrogens with zero attached hydrogens (tertiary/aromatic N) is 1. The summed E-state index contributed by atoms with van der Waals surface area (Å²) in [6.45, 7) is 4.55. The molecule has 3 aliphatic carbocycles. The van der Waals surface area contributed by atoms with E-state index < -0.39 is 0 Å². The van der Waals surface area contributed by atoms with Gasteiger partial charge in [0, 0.05) is 24.3 Å². The fraction of sp³-hybridized carbons (Fsp3) is 0.830. The zero-order valence-electron chi connectivity index (χ0n) is 33.6. The van der Waals surface area contributed by atoms with Gasteiger partial charge in [-0.1, -0.05) is 140 Å². The number of hydrogen-bond donors (Lipinski definition) is 0. The predicted molar refractivity (Wildman–Crippen MR) is 217 cm³/mol. The molecule has 1 saturated heterocycles. The number of hydrogen-bond acceptors (Lipinski definition) is 3. The lowest BCUT2D eigenvalue weighted by molar-refractivity contribution is -0.198. The number of rotatable bonds is 31. The van der Waals surface area contributed by atoms with Gasteiger partial charge in [0.2, 0.25) is 0 Å². The molecule has 4 unspecified atom stereocenters. The lowest BCUT2D eigenvalue weighted by Gasteiger charge is -2.35. The molecule has 4 aliphatic rings. The average Bonchev–Trinajstić information content (AvgIpc) is 3.46. The Hall–Kier alpha value is -1.16. The molecule has 0 spiro atoms. The van der Waals surface area contributed by atoms with Gasteiger partial charge in [-0.15, -0.1) is 0 Å². The fourth-order valence-corrected chi connectivity index (χ4v) is 9.96. The van der Waals surface area contributed by atoms with Crippen LogP contribution in [0.1, 0.15) is 194 Å². The van der Waals surface area contributed by atoms with Gasteiger partial charge >= 0.3 is 0 Å². The monoisotopic (exact) mass is 692 g/mol. The molecule has 3 saturated carbocycles. The van der Waals surface area contributed by atoms with Crippen molar-refractivity contribution in [1.82, 2.24) is 4.90 Å². The highest BCUT2D eigenvalue weighted by Gasteiger charge is 2.78. The van der Waals surface area contributed by atoms with E-state index in [4.69, 9.17) is 9.47 Å². The molecule has 0 aromatic heterocycles. The molecule has 4 rings (SSSR count). The second-order valence-electron chi connectivity index (χ2n) is 16.9. The summed E-state index contributed by atoms with van der Waals surface area (Å²) in [5.74, 6) is 1.97. The molecule has 2 bridgehead atoms. The van der Waals surface area contributed by atoms with Crippen molar-refractivity contribution in [3.63, 3.8) is 0 Å². The van der Waals surface area contributed by atoms with Crippen LogP contribution >= 0.6 is 0 Å². The Morgan fingerprint density at radius 2 is 0.920 bits per heavy atom. The summed E-state index contributed by atoms with van der Waals surface area (Å²) < 4.78 is 14.3. The minimum Gasteiger partial charge on any atom is -0.344 e. The van der Waals surface area contributed by atoms with Crippen molar-refractivity contribution in [2.75, 3.05) is 14.1 Å². The smallest absolute Gasteiger partial charge is 0.169 e. The lowest BCUT2D eigenvalue weighted by Crippen LogP contribution is -2.46. The summed E-state index contributed by atoms with van der Waals surface area (Å²) >= 11 is 0. The molecule has 286 valence electrons. The van der Waals surface area contributed by atoms with Gasteiger partial charge in [0.25, 0.3) is 0 Å². The molecule has 3 heteroatoms. The van der Waals surface area contributed by atoms with E-state index in [-0.39, 0.29) is 5.79 Å². The largest absolute Gasteiger partial charge is 0.344 e. The maximum Gasteiger partial charge on any atom is 0.169 e. The molecule has 4 fully saturated rings. The Morgan fingerprint density at radius 1 is 0.500 bits per heavy atom. The van der Waals surface area contributed by atoms with Crippen LogP contribution in [0.15, 0.2) is 48.6 Å². The molecule has 6 atom stereocenters. The molecule has 1 aliphatic heterocycles. The molecule has 0 aromatic carbocycles. The summed E-state index contributed by atoms with van der Waals surface area (Å²) in [7, 11) is 4.62. The van der Waals surface area contributed by atoms with E-state index in [0.717, 1.165) is 37.5 Å². The van der Waals surface area contributed by atoms with Crippen LogP contribution in [0.5, 0.6) is 0 Å². The minimum absolute atomic E-state index is 0.305. The van der Waals surface area contributed by atoms with Crippen LogP contribution in [0.25, 0.3) is 0 Å². The van der Waals surface area contributed by atoms with Gasteiger partial charge in [0.1, 0.15) is 0 Å². The highest BCUT2D eigenvalue weighted by atomic mass is 16.8. The van der Waals surface area contributed by atoms with E-state index in [2.05, 4.69) is 81.5 Å². The standard InChI is InChI=1S/C47H81NO2/c1-5-7-9-11-13-15-17-19-21-23-25-27-29-31-33-35-37-46(49-44-41-39-42(45(44)50-46)47(48(3)4)40-43(41)47)38-36-34-32-30-28-26-24-22-20-18-16-14-12-10-8-6-2/h13-16,19-22,41-45H,5-12,17-18,23-40H2,1-4H3/b15-13-,16-14-,21-19-,22-20-/t41?,42?,43?,44-,45+,47?/m1/s1. The molecule has 0 N–H and O–H groups in total. The predicted octanol–water partition coefficient (Wildman–Crippen LogP) is 13.8. The first kappa shape index (κ1) is 41.6. The Kier molecular flexibility index (Phi) is 19.5. The quantitative estimate of drug-likeness (QED) is 0.0533. The summed E-state index contributed by atoms with van der Waals surface area (Å²) in [6, 6.07) is 0. The molecule has 0 amide bonds. The van der Waals surface area contributed by atoms with Crippen molar-refractivity contribution in [2.24, 2.45) is 17.8 Å². The zero-order chi connectivity index (χ0) is 35.3. The van der Waals surface area contributed by atoms with Crippen LogP contribution in [0.2, 0.25) is 0 Å². The van der Waals surface area contributed by atoms with E-state index in [1.807, 2.05) is 0 Å². The van der Waals surface area contributed by atoms with Crippen molar-refractivity contribution in [1.29, 1.82) is 0 Å². The third-order valence-electron chi connectivity index (χ3n) is 12.9. The Bertz CT molecular complexity index is 963. The first-order valence-corrected chi connectivity index (χ1v) is 22.2. The second kappa shape index (κ2) is 23.5. The summed E-state index contributed by atoms with van der Waals surface area (Å²) in [4.78, 5) is 2.55. The van der Waals surface area contributed by atoms with Crippen LogP contribution in [0.3, 0.4) is 0 Å². The minimum atomic E-state index is -0.305. The number of ether oxygens (including phenoxy) is 2. The number of allylic oxidation sites excluding steroid dienone is 8. The molecule has 0 radical (unpaired) electrons. The van der Waals surface area contributed by atoms with E-state index in [9.17, 15) is 0 Å². The van der Waals surface area contributed by atoms with Gasteiger partial charge < -0.3 is 14.4 Å². The zero-order valence-corrected chi connectivity index (χ0v) is 33.6. The third kappa shape index (κ3) is 12.8. The SMILES string of the molecule is CCCCC/C=C\C/C=C\CCCCCCCCC1(CCCCCCCC/C=C\C/C=C\CCCCC)O[C@@H]2C3CC([C@@H]2O1)C1(N(C)C)CC31. The summed E-state index contributed by atoms with van der Waals surface area (Å²) in [6.07, 6.45) is 55.8. The van der Waals surface area contributed by atoms with E-state index in [1.165, 1.54) is 154 Å². The van der Waals surface area contributed by atoms with Gasteiger partial charge in [-0.3, -0.25) is 0 Å². The highest BCUT2D eigenvalue weighted by Crippen LogP contribution is 2.73. The lowest BCUT2D eigenvalue weighted by atomic mass is 9.89. The van der Waals surface area contributed by atoms with Crippen LogP contribution in [0.4, 0.5) is 0 Å². The summed E-state index contributed by atoms with van der Waals surface area (Å²) in [5.41, 5.74) is 0.422. The average molecular weight is 692 g/mol. The van der Waals surface area contributed by atoms with Gasteiger partial charge in [-0.2, -0.15) is 0 Å². The molecular weight excluding hydrogens is 611 g/mol. The first-order valence-electron chi connectivity index (χ1n) is 22.2. The van der Waals surface area contributed by atoms with Gasteiger partial charge in [0.15, 0.2) is 5.79 Å². The van der Waals surface area contributed by atoms with E-state index in [0.29, 0.717) is 23.7 Å². The Morgan fingerprint density at radius 3 is 1.38 bits per heavy atom. The Labute approximate surface area is 311 Å². The van der Waals surface area contributed by atoms with Gasteiger partial charge in [-0.25, -0.2) is 0 Å². The topological polar surface area (TPSA) is 21.7 Å². The first-order chi connectivity index (χ1) is 24.6. The van der Waals surface area contributed by atoms with Crippen LogP contribution in [-0.4, -0.2) is 42.5 Å². The van der Waals surface area contributed by atoms with Crippen molar-refractivity contribution in [3.8, 4) is 0 Å². The summed E-state index contributed by atoms with van der Waals surface area (Å²) in [5, 5.41) is 0. The molecule has 0 aromatic rings. The van der Waals surface area contributed by atoms with Crippen LogP contribution in [-0.2, 0) is 9.47 Å². The maximum atomic E-state index is 7.15. The third-order valence-corrected chi connectivity index (χ3v) is 12.9. The normalized spacial score (nSPS) is 28.1. The van der Waals surface area contributed by atoms with Crippen LogP contribution < -0.4 is 0 Å². The number of unbranched alkanes of at least 4 members (excludes halogenated alkanes) is 18. The van der Waals surface area contributed by atoms with E-state index >= 15 is 0 Å². The van der Waals surface area contributed by atoms with Crippen molar-refractivity contribution in [2.45, 2.75) is 217 Å². The van der Waals surface area contributed by atoms with Crippen molar-refractivity contribution in [3.05, 3.63) is 48.6 Å². The Balaban J connectivity index is 1.08. The highest BCUT2D eigenvalue weighted by molar-refractivity contribution is 5.29. The van der Waals surface area contributed by atoms with Crippen LogP contribution in [0, 0.1) is 17.8 Å². The molecular formula is C47H81NO2. The second-order valence-corrected chi connectivity index (χ2v) is 16.9.